The van der Waals surface area contributed by atoms with Crippen molar-refractivity contribution in [2.45, 2.75) is 19.4 Å². The van der Waals surface area contributed by atoms with Gasteiger partial charge in [0, 0.05) is 17.3 Å². The Kier molecular flexibility index (Phi) is 6.00. The lowest BCUT2D eigenvalue weighted by molar-refractivity contribution is 0.0746. The highest BCUT2D eigenvalue weighted by Crippen LogP contribution is 2.31. The highest BCUT2D eigenvalue weighted by Gasteiger charge is 2.24. The Morgan fingerprint density at radius 2 is 1.92 bits per heavy atom. The molecule has 6 heteroatoms. The number of benzene rings is 2. The van der Waals surface area contributed by atoms with E-state index in [1.54, 1.807) is 0 Å². The van der Waals surface area contributed by atoms with Crippen molar-refractivity contribution in [2.75, 3.05) is 25.0 Å². The van der Waals surface area contributed by atoms with E-state index >= 15 is 0 Å². The summed E-state index contributed by atoms with van der Waals surface area (Å²) < 4.78 is 11.8. The third-order valence-corrected chi connectivity index (χ3v) is 4.48. The van der Waals surface area contributed by atoms with E-state index in [0.717, 1.165) is 30.2 Å². The lowest BCUT2D eigenvalue weighted by Gasteiger charge is -2.32. The molecule has 2 aromatic carbocycles. The van der Waals surface area contributed by atoms with Gasteiger partial charge in [-0.2, -0.15) is 0 Å². The summed E-state index contributed by atoms with van der Waals surface area (Å²) in [6.07, 6.45) is 0.929. The number of nitrogens with one attached hydrogen (secondary N) is 1. The number of fused-ring (bicyclic) bond motifs is 1. The van der Waals surface area contributed by atoms with Crippen LogP contribution in [-0.2, 0) is 0 Å². The SMILES string of the molecule is CCCN(C[C@H]1COc2ccccc2O1)C(=S)Nc1ccc(Cl)cc1. The van der Waals surface area contributed by atoms with E-state index in [1.165, 1.54) is 0 Å². The first kappa shape index (κ1) is 17.8. The number of hydrogen-bond acceptors (Lipinski definition) is 3. The number of nitrogens with zero attached hydrogens (tertiary/aromatic N) is 1. The molecule has 4 nitrogen and oxygen atoms in total. The van der Waals surface area contributed by atoms with Crippen LogP contribution in [0.3, 0.4) is 0 Å². The first-order valence-corrected chi connectivity index (χ1v) is 9.14. The second kappa shape index (κ2) is 8.41. The minimum Gasteiger partial charge on any atom is -0.486 e. The predicted molar refractivity (Wildman–Crippen MR) is 106 cm³/mol. The Labute approximate surface area is 158 Å². The molecule has 1 N–H and O–H groups in total. The zero-order valence-corrected chi connectivity index (χ0v) is 15.6. The molecule has 1 aliphatic rings. The average molecular weight is 377 g/mol. The van der Waals surface area contributed by atoms with Crippen molar-refractivity contribution in [3.8, 4) is 11.5 Å². The molecule has 0 aromatic heterocycles. The molecule has 0 amide bonds. The van der Waals surface area contributed by atoms with Crippen LogP contribution in [0.4, 0.5) is 5.69 Å². The molecule has 0 bridgehead atoms. The van der Waals surface area contributed by atoms with Crippen molar-refractivity contribution in [2.24, 2.45) is 0 Å². The molecule has 0 unspecified atom stereocenters. The fourth-order valence-corrected chi connectivity index (χ4v) is 3.09. The van der Waals surface area contributed by atoms with Crippen LogP contribution >= 0.6 is 23.8 Å². The molecule has 0 spiro atoms. The van der Waals surface area contributed by atoms with Crippen molar-refractivity contribution in [3.63, 3.8) is 0 Å². The van der Waals surface area contributed by atoms with Crippen molar-refractivity contribution < 1.29 is 9.47 Å². The summed E-state index contributed by atoms with van der Waals surface area (Å²) in [4.78, 5) is 2.12. The van der Waals surface area contributed by atoms with Crippen LogP contribution in [-0.4, -0.2) is 35.8 Å². The maximum atomic E-state index is 6.05. The molecule has 0 saturated carbocycles. The maximum Gasteiger partial charge on any atom is 0.173 e. The van der Waals surface area contributed by atoms with Crippen molar-refractivity contribution in [1.29, 1.82) is 0 Å². The van der Waals surface area contributed by atoms with Gasteiger partial charge in [0.1, 0.15) is 6.61 Å². The molecule has 3 rings (SSSR count). The fourth-order valence-electron chi connectivity index (χ4n) is 2.68. The molecule has 0 fully saturated rings. The third-order valence-electron chi connectivity index (χ3n) is 3.87. The van der Waals surface area contributed by atoms with Gasteiger partial charge in [0.25, 0.3) is 0 Å². The highest BCUT2D eigenvalue weighted by molar-refractivity contribution is 7.80. The molecule has 1 atom stereocenters. The van der Waals surface area contributed by atoms with E-state index < -0.39 is 0 Å². The lowest BCUT2D eigenvalue weighted by atomic mass is 10.2. The van der Waals surface area contributed by atoms with Crippen LogP contribution in [0.25, 0.3) is 0 Å². The number of halogens is 1. The molecule has 0 aliphatic carbocycles. The second-order valence-corrected chi connectivity index (χ2v) is 6.70. The average Bonchev–Trinajstić information content (AvgIpc) is 2.63. The van der Waals surface area contributed by atoms with Gasteiger partial charge in [0.05, 0.1) is 6.54 Å². The summed E-state index contributed by atoms with van der Waals surface area (Å²) in [5.41, 5.74) is 0.918. The van der Waals surface area contributed by atoms with Gasteiger partial charge in [-0.15, -0.1) is 0 Å². The van der Waals surface area contributed by atoms with Crippen LogP contribution in [0.2, 0.25) is 5.02 Å². The summed E-state index contributed by atoms with van der Waals surface area (Å²) in [5, 5.41) is 4.64. The Morgan fingerprint density at radius 1 is 1.20 bits per heavy atom. The zero-order valence-electron chi connectivity index (χ0n) is 14.1. The standard InChI is InChI=1S/C19H21ClN2O2S/c1-2-11-22(19(25)21-15-9-7-14(20)8-10-15)12-16-13-23-17-5-3-4-6-18(17)24-16/h3-10,16H,2,11-13H2,1H3,(H,21,25)/t16-/m0/s1. The highest BCUT2D eigenvalue weighted by atomic mass is 35.5. The normalized spacial score (nSPS) is 15.5. The monoisotopic (exact) mass is 376 g/mol. The Hall–Kier alpha value is -1.98. The number of anilines is 1. The Balaban J connectivity index is 1.63. The van der Waals surface area contributed by atoms with Crippen LogP contribution in [0.1, 0.15) is 13.3 Å². The summed E-state index contributed by atoms with van der Waals surface area (Å²) in [5.74, 6) is 1.58. The number of hydrogen-bond donors (Lipinski definition) is 1. The molecule has 25 heavy (non-hydrogen) atoms. The zero-order chi connectivity index (χ0) is 17.6. The summed E-state index contributed by atoms with van der Waals surface area (Å²) in [7, 11) is 0. The molecular weight excluding hydrogens is 356 g/mol. The molecule has 0 saturated heterocycles. The van der Waals surface area contributed by atoms with E-state index in [2.05, 4.69) is 17.1 Å². The van der Waals surface area contributed by atoms with Gasteiger partial charge in [0.2, 0.25) is 0 Å². The first-order valence-electron chi connectivity index (χ1n) is 8.35. The van der Waals surface area contributed by atoms with Gasteiger partial charge in [-0.25, -0.2) is 0 Å². The third kappa shape index (κ3) is 4.77. The molecule has 1 aliphatic heterocycles. The number of thiocarbonyl (C=S) groups is 1. The molecule has 1 heterocycles. The van der Waals surface area contributed by atoms with Gasteiger partial charge in [-0.3, -0.25) is 0 Å². The summed E-state index contributed by atoms with van der Waals surface area (Å²) in [6, 6.07) is 15.2. The van der Waals surface area contributed by atoms with Crippen molar-refractivity contribution in [3.05, 3.63) is 53.6 Å². The molecule has 132 valence electrons. The van der Waals surface area contributed by atoms with Crippen LogP contribution in [0, 0.1) is 0 Å². The second-order valence-electron chi connectivity index (χ2n) is 5.88. The number of rotatable bonds is 5. The Morgan fingerprint density at radius 3 is 2.64 bits per heavy atom. The minimum atomic E-state index is -0.0635. The molecule has 2 aromatic rings. The van der Waals surface area contributed by atoms with Crippen LogP contribution in [0.15, 0.2) is 48.5 Å². The minimum absolute atomic E-state index is 0.0635. The Bertz CT molecular complexity index is 724. The summed E-state index contributed by atoms with van der Waals surface area (Å²) in [6.45, 7) is 4.16. The van der Waals surface area contributed by atoms with Crippen molar-refractivity contribution >= 4 is 34.6 Å². The molecule has 0 radical (unpaired) electrons. The van der Waals surface area contributed by atoms with Crippen LogP contribution < -0.4 is 14.8 Å². The van der Waals surface area contributed by atoms with E-state index in [1.807, 2.05) is 48.5 Å². The lowest BCUT2D eigenvalue weighted by Crippen LogP contribution is -2.45. The van der Waals surface area contributed by atoms with Gasteiger partial charge in [-0.1, -0.05) is 30.7 Å². The smallest absolute Gasteiger partial charge is 0.173 e. The number of para-hydroxylation sites is 2. The van der Waals surface area contributed by atoms with E-state index in [-0.39, 0.29) is 6.10 Å². The van der Waals surface area contributed by atoms with E-state index in [9.17, 15) is 0 Å². The topological polar surface area (TPSA) is 33.7 Å². The van der Waals surface area contributed by atoms with Crippen molar-refractivity contribution in [1.82, 2.24) is 4.90 Å². The van der Waals surface area contributed by atoms with Gasteiger partial charge in [-0.05, 0) is 55.0 Å². The van der Waals surface area contributed by atoms with Gasteiger partial charge < -0.3 is 19.7 Å². The predicted octanol–water partition coefficient (Wildman–Crippen LogP) is 4.59. The largest absolute Gasteiger partial charge is 0.486 e. The van der Waals surface area contributed by atoms with Gasteiger partial charge in [0.15, 0.2) is 22.7 Å². The maximum absolute atomic E-state index is 6.05. The molecular formula is C19H21ClN2O2S. The van der Waals surface area contributed by atoms with Gasteiger partial charge >= 0.3 is 0 Å². The fraction of sp³-hybridized carbons (Fsp3) is 0.316. The van der Waals surface area contributed by atoms with Crippen LogP contribution in [0.5, 0.6) is 11.5 Å². The number of ether oxygens (including phenoxy) is 2. The van der Waals surface area contributed by atoms with E-state index in [0.29, 0.717) is 23.3 Å². The summed E-state index contributed by atoms with van der Waals surface area (Å²) >= 11 is 11.5. The van der Waals surface area contributed by atoms with E-state index in [4.69, 9.17) is 33.3 Å². The first-order chi connectivity index (χ1) is 12.2. The quantitative estimate of drug-likeness (QED) is 0.772.